The van der Waals surface area contributed by atoms with Crippen LogP contribution >= 0.6 is 0 Å². The van der Waals surface area contributed by atoms with Gasteiger partial charge in [0.1, 0.15) is 18.2 Å². The van der Waals surface area contributed by atoms with Crippen molar-refractivity contribution in [3.05, 3.63) is 23.6 Å². The van der Waals surface area contributed by atoms with E-state index in [1.807, 2.05) is 0 Å². The van der Waals surface area contributed by atoms with E-state index >= 15 is 0 Å². The van der Waals surface area contributed by atoms with Gasteiger partial charge in [0.15, 0.2) is 0 Å². The molecule has 0 bridgehead atoms. The highest BCUT2D eigenvalue weighted by Crippen LogP contribution is 2.14. The van der Waals surface area contributed by atoms with Gasteiger partial charge in [-0.2, -0.15) is 13.2 Å². The van der Waals surface area contributed by atoms with E-state index in [1.165, 1.54) is 0 Å². The van der Waals surface area contributed by atoms with E-state index < -0.39 is 24.5 Å². The number of nitrogens with zero attached hydrogens (tertiary/aromatic N) is 1. The van der Waals surface area contributed by atoms with Crippen LogP contribution < -0.4 is 10.6 Å². The van der Waals surface area contributed by atoms with Crippen molar-refractivity contribution in [3.8, 4) is 0 Å². The minimum Gasteiger partial charge on any atom is -0.370 e. The molecule has 0 unspecified atom stereocenters. The molecule has 0 atom stereocenters. The normalized spacial score (nSPS) is 11.3. The molecule has 1 amide bonds. The zero-order valence-corrected chi connectivity index (χ0v) is 11.3. The number of hydrogen-bond donors (Lipinski definition) is 2. The van der Waals surface area contributed by atoms with Gasteiger partial charge in [0.25, 0.3) is 5.91 Å². The summed E-state index contributed by atoms with van der Waals surface area (Å²) in [5, 5.41) is 5.12. The van der Waals surface area contributed by atoms with Gasteiger partial charge < -0.3 is 15.4 Å². The van der Waals surface area contributed by atoms with Crippen LogP contribution in [-0.2, 0) is 4.74 Å². The van der Waals surface area contributed by atoms with Gasteiger partial charge in [-0.1, -0.05) is 0 Å². The van der Waals surface area contributed by atoms with E-state index in [0.717, 1.165) is 12.3 Å². The monoisotopic (exact) mass is 309 g/mol. The van der Waals surface area contributed by atoms with Crippen molar-refractivity contribution in [1.29, 1.82) is 0 Å². The first-order valence-corrected chi connectivity index (χ1v) is 6.15. The molecule has 21 heavy (non-hydrogen) atoms. The summed E-state index contributed by atoms with van der Waals surface area (Å²) in [6.07, 6.45) is -3.45. The third-order valence-corrected chi connectivity index (χ3v) is 2.24. The van der Waals surface area contributed by atoms with Crippen LogP contribution in [0.3, 0.4) is 0 Å². The number of carbonyl (C=O) groups is 1. The average Bonchev–Trinajstić information content (AvgIpc) is 2.39. The van der Waals surface area contributed by atoms with Crippen molar-refractivity contribution in [2.24, 2.45) is 0 Å². The standard InChI is InChI=1S/C12H15F4N3O2/c1-2-17-10-9(5-8(13)6-19-10)11(20)18-3-4-21-7-12(14,15)16/h5-6H,2-4,7H2,1H3,(H,17,19)(H,18,20). The van der Waals surface area contributed by atoms with Gasteiger partial charge in [0.05, 0.1) is 18.4 Å². The Morgan fingerprint density at radius 1 is 1.43 bits per heavy atom. The van der Waals surface area contributed by atoms with E-state index in [4.69, 9.17) is 0 Å². The Balaban J connectivity index is 2.50. The molecule has 2 N–H and O–H groups in total. The smallest absolute Gasteiger partial charge is 0.370 e. The fraction of sp³-hybridized carbons (Fsp3) is 0.500. The van der Waals surface area contributed by atoms with Gasteiger partial charge in [-0.3, -0.25) is 4.79 Å². The van der Waals surface area contributed by atoms with Crippen molar-refractivity contribution in [3.63, 3.8) is 0 Å². The van der Waals surface area contributed by atoms with Gasteiger partial charge in [-0.25, -0.2) is 9.37 Å². The number of nitrogens with one attached hydrogen (secondary N) is 2. The summed E-state index contributed by atoms with van der Waals surface area (Å²) >= 11 is 0. The molecule has 1 rings (SSSR count). The number of amides is 1. The van der Waals surface area contributed by atoms with Crippen LogP contribution in [0.4, 0.5) is 23.4 Å². The maximum atomic E-state index is 13.1. The molecule has 9 heteroatoms. The average molecular weight is 309 g/mol. The van der Waals surface area contributed by atoms with Gasteiger partial charge in [-0.15, -0.1) is 0 Å². The summed E-state index contributed by atoms with van der Waals surface area (Å²) in [5.74, 6) is -1.13. The second-order valence-electron chi connectivity index (χ2n) is 4.00. The predicted octanol–water partition coefficient (Wildman–Crippen LogP) is 1.96. The first kappa shape index (κ1) is 17.2. The fourth-order valence-corrected chi connectivity index (χ4v) is 1.44. The third-order valence-electron chi connectivity index (χ3n) is 2.24. The molecule has 0 aliphatic rings. The number of rotatable bonds is 7. The van der Waals surface area contributed by atoms with Crippen LogP contribution in [0.5, 0.6) is 0 Å². The molecule has 1 aromatic rings. The highest BCUT2D eigenvalue weighted by atomic mass is 19.4. The Hall–Kier alpha value is -1.90. The van der Waals surface area contributed by atoms with E-state index in [1.54, 1.807) is 6.92 Å². The zero-order chi connectivity index (χ0) is 15.9. The van der Waals surface area contributed by atoms with E-state index in [0.29, 0.717) is 6.54 Å². The van der Waals surface area contributed by atoms with Crippen LogP contribution in [-0.4, -0.2) is 43.4 Å². The third kappa shape index (κ3) is 6.39. The molecular formula is C12H15F4N3O2. The minimum absolute atomic E-state index is 0.0207. The molecule has 0 aromatic carbocycles. The van der Waals surface area contributed by atoms with Crippen molar-refractivity contribution >= 4 is 11.7 Å². The molecule has 5 nitrogen and oxygen atoms in total. The van der Waals surface area contributed by atoms with Crippen molar-refractivity contribution in [2.45, 2.75) is 13.1 Å². The van der Waals surface area contributed by atoms with Gasteiger partial charge >= 0.3 is 6.18 Å². The largest absolute Gasteiger partial charge is 0.411 e. The van der Waals surface area contributed by atoms with Crippen LogP contribution in [0.15, 0.2) is 12.3 Å². The molecule has 0 radical (unpaired) electrons. The van der Waals surface area contributed by atoms with E-state index in [9.17, 15) is 22.4 Å². The highest BCUT2D eigenvalue weighted by molar-refractivity contribution is 5.98. The Morgan fingerprint density at radius 3 is 2.76 bits per heavy atom. The Kier molecular flexibility index (Phi) is 6.35. The molecule has 0 fully saturated rings. The van der Waals surface area contributed by atoms with Crippen LogP contribution in [0.25, 0.3) is 0 Å². The summed E-state index contributed by atoms with van der Waals surface area (Å²) in [6.45, 7) is 0.444. The number of anilines is 1. The molecule has 1 heterocycles. The first-order valence-electron chi connectivity index (χ1n) is 6.15. The van der Waals surface area contributed by atoms with Gasteiger partial charge in [-0.05, 0) is 13.0 Å². The second kappa shape index (κ2) is 7.77. The van der Waals surface area contributed by atoms with E-state index in [2.05, 4.69) is 20.4 Å². The summed E-state index contributed by atoms with van der Waals surface area (Å²) in [6, 6.07) is 0.997. The number of hydrogen-bond acceptors (Lipinski definition) is 4. The Morgan fingerprint density at radius 2 is 2.14 bits per heavy atom. The lowest BCUT2D eigenvalue weighted by atomic mass is 10.2. The predicted molar refractivity (Wildman–Crippen MR) is 67.6 cm³/mol. The molecule has 0 saturated heterocycles. The molecule has 0 spiro atoms. The number of ether oxygens (including phenoxy) is 1. The number of alkyl halides is 3. The van der Waals surface area contributed by atoms with Crippen molar-refractivity contribution in [2.75, 3.05) is 31.6 Å². The summed E-state index contributed by atoms with van der Waals surface area (Å²) in [7, 11) is 0. The molecule has 0 aliphatic carbocycles. The quantitative estimate of drug-likeness (QED) is 0.597. The molecule has 118 valence electrons. The summed E-state index contributed by atoms with van der Waals surface area (Å²) in [5.41, 5.74) is -0.0207. The van der Waals surface area contributed by atoms with Crippen LogP contribution in [0, 0.1) is 5.82 Å². The Bertz CT molecular complexity index is 480. The number of carbonyl (C=O) groups excluding carboxylic acids is 1. The SMILES string of the molecule is CCNc1ncc(F)cc1C(=O)NCCOCC(F)(F)F. The number of pyridine rings is 1. The van der Waals surface area contributed by atoms with Crippen molar-refractivity contribution in [1.82, 2.24) is 10.3 Å². The topological polar surface area (TPSA) is 63.2 Å². The van der Waals surface area contributed by atoms with Crippen molar-refractivity contribution < 1.29 is 27.1 Å². The number of aromatic nitrogens is 1. The molecular weight excluding hydrogens is 294 g/mol. The fourth-order valence-electron chi connectivity index (χ4n) is 1.44. The van der Waals surface area contributed by atoms with Crippen LogP contribution in [0.2, 0.25) is 0 Å². The molecule has 0 aliphatic heterocycles. The van der Waals surface area contributed by atoms with Gasteiger partial charge in [0.2, 0.25) is 0 Å². The lowest BCUT2D eigenvalue weighted by molar-refractivity contribution is -0.173. The number of halogens is 4. The molecule has 1 aromatic heterocycles. The minimum atomic E-state index is -4.41. The lowest BCUT2D eigenvalue weighted by Gasteiger charge is -2.11. The summed E-state index contributed by atoms with van der Waals surface area (Å²) in [4.78, 5) is 15.6. The first-order chi connectivity index (χ1) is 9.83. The van der Waals surface area contributed by atoms with Gasteiger partial charge in [0, 0.05) is 13.1 Å². The maximum absolute atomic E-state index is 13.1. The van der Waals surface area contributed by atoms with Crippen LogP contribution in [0.1, 0.15) is 17.3 Å². The summed E-state index contributed by atoms with van der Waals surface area (Å²) < 4.78 is 52.9. The molecule has 0 saturated carbocycles. The Labute approximate surface area is 118 Å². The highest BCUT2D eigenvalue weighted by Gasteiger charge is 2.27. The van der Waals surface area contributed by atoms with E-state index in [-0.39, 0.29) is 24.5 Å². The lowest BCUT2D eigenvalue weighted by Crippen LogP contribution is -2.29. The maximum Gasteiger partial charge on any atom is 0.411 e. The second-order valence-corrected chi connectivity index (χ2v) is 4.00. The zero-order valence-electron chi connectivity index (χ0n) is 11.3.